The number of hydrogen-bond acceptors (Lipinski definition) is 2. The van der Waals surface area contributed by atoms with Crippen LogP contribution in [0.4, 0.5) is 0 Å². The maximum absolute atomic E-state index is 11.6. The summed E-state index contributed by atoms with van der Waals surface area (Å²) in [6.45, 7) is 3.36. The molecule has 0 spiro atoms. The highest BCUT2D eigenvalue weighted by molar-refractivity contribution is 6.04. The second kappa shape index (κ2) is 5.68. The van der Waals surface area contributed by atoms with Crippen LogP contribution in [0.2, 0.25) is 0 Å². The van der Waals surface area contributed by atoms with E-state index in [1.807, 2.05) is 36.4 Å². The van der Waals surface area contributed by atoms with Gasteiger partial charge in [-0.05, 0) is 16.8 Å². The third kappa shape index (κ3) is 2.43. The summed E-state index contributed by atoms with van der Waals surface area (Å²) in [6, 6.07) is 13.2. The molecule has 2 aromatic rings. The molecular weight excluding hydrogens is 212 g/mol. The molecule has 0 aliphatic rings. The molecule has 0 aliphatic heterocycles. The highest BCUT2D eigenvalue weighted by Crippen LogP contribution is 2.19. The van der Waals surface area contributed by atoms with E-state index in [1.165, 1.54) is 0 Å². The van der Waals surface area contributed by atoms with Crippen molar-refractivity contribution in [3.63, 3.8) is 0 Å². The summed E-state index contributed by atoms with van der Waals surface area (Å²) in [6.07, 6.45) is 1.14. The van der Waals surface area contributed by atoms with Crippen LogP contribution in [0.3, 0.4) is 0 Å². The van der Waals surface area contributed by atoms with Gasteiger partial charge in [-0.3, -0.25) is 0 Å². The zero-order valence-corrected chi connectivity index (χ0v) is 10.3. The van der Waals surface area contributed by atoms with Crippen molar-refractivity contribution < 1.29 is 9.53 Å². The maximum Gasteiger partial charge on any atom is 0.343 e. The van der Waals surface area contributed by atoms with E-state index >= 15 is 0 Å². The molecule has 2 rings (SSSR count). The summed E-state index contributed by atoms with van der Waals surface area (Å²) in [5, 5.41) is 1.92. The Labute approximate surface area is 110 Å². The normalized spacial score (nSPS) is 9.25. The fraction of sp³-hybridized carbons (Fsp3) is 0. The van der Waals surface area contributed by atoms with Crippen molar-refractivity contribution in [1.29, 1.82) is 0 Å². The average Bonchev–Trinajstić information content (AvgIpc) is 2.28. The first kappa shape index (κ1) is 12.7. The molecule has 0 saturated carbocycles. The van der Waals surface area contributed by atoms with E-state index in [2.05, 4.69) is 6.58 Å². The number of hydrogen-bond donors (Lipinski definition) is 0. The van der Waals surface area contributed by atoms with Gasteiger partial charge in [-0.25, -0.2) is 4.79 Å². The fourth-order valence-electron chi connectivity index (χ4n) is 1.54. The fourth-order valence-corrected chi connectivity index (χ4v) is 1.54. The van der Waals surface area contributed by atoms with Gasteiger partial charge in [-0.2, -0.15) is 0 Å². The predicted molar refractivity (Wildman–Crippen MR) is 65.3 cm³/mol. The van der Waals surface area contributed by atoms with Gasteiger partial charge in [0.15, 0.2) is 0 Å². The van der Waals surface area contributed by atoms with Gasteiger partial charge in [0.1, 0.15) is 0 Å². The molecule has 0 aliphatic carbocycles. The zero-order chi connectivity index (χ0) is 10.7. The molecule has 2 radical (unpaired) electrons. The molecule has 76 valence electrons. The summed E-state index contributed by atoms with van der Waals surface area (Å²) < 4.78 is 4.76. The molecule has 0 unspecified atom stereocenters. The second-order valence-electron chi connectivity index (χ2n) is 3.10. The van der Waals surface area contributed by atoms with Crippen molar-refractivity contribution in [3.05, 3.63) is 60.9 Å². The lowest BCUT2D eigenvalue weighted by molar-refractivity contribution is 0.0666. The smallest absolute Gasteiger partial charge is 0.343 e. The molecule has 0 aromatic heterocycles. The quantitative estimate of drug-likeness (QED) is 0.444. The van der Waals surface area contributed by atoms with E-state index in [1.54, 1.807) is 6.07 Å². The van der Waals surface area contributed by atoms with Crippen molar-refractivity contribution >= 4 is 39.8 Å². The number of rotatable bonds is 2. The third-order valence-electron chi connectivity index (χ3n) is 2.20. The number of carbonyl (C=O) groups is 1. The van der Waals surface area contributed by atoms with Crippen molar-refractivity contribution in [3.8, 4) is 0 Å². The van der Waals surface area contributed by atoms with Crippen molar-refractivity contribution in [2.75, 3.05) is 0 Å². The lowest BCUT2D eigenvalue weighted by atomic mass is 10.1. The van der Waals surface area contributed by atoms with Crippen LogP contribution in [-0.4, -0.2) is 29.0 Å². The summed E-state index contributed by atoms with van der Waals surface area (Å²) >= 11 is 0. The first-order chi connectivity index (χ1) is 7.33. The molecule has 0 heterocycles. The van der Waals surface area contributed by atoms with Gasteiger partial charge in [-0.1, -0.05) is 43.0 Å². The van der Waals surface area contributed by atoms with E-state index < -0.39 is 0 Å². The van der Waals surface area contributed by atoms with Crippen molar-refractivity contribution in [2.24, 2.45) is 0 Å². The van der Waals surface area contributed by atoms with E-state index in [9.17, 15) is 4.79 Å². The number of carbonyl (C=O) groups excluding carboxylic acids is 1. The zero-order valence-electron chi connectivity index (χ0n) is 8.85. The molecule has 2 nitrogen and oxygen atoms in total. The summed E-state index contributed by atoms with van der Waals surface area (Å²) in [4.78, 5) is 11.6. The Kier molecular flexibility index (Phi) is 4.52. The lowest BCUT2D eigenvalue weighted by Gasteiger charge is -2.03. The van der Waals surface area contributed by atoms with Gasteiger partial charge in [0, 0.05) is 23.1 Å². The Morgan fingerprint density at radius 1 is 1.12 bits per heavy atom. The van der Waals surface area contributed by atoms with Crippen molar-refractivity contribution in [1.82, 2.24) is 0 Å². The lowest BCUT2D eigenvalue weighted by Crippen LogP contribution is -2.00. The minimum absolute atomic E-state index is 0. The van der Waals surface area contributed by atoms with E-state index in [0.717, 1.165) is 17.0 Å². The third-order valence-corrected chi connectivity index (χ3v) is 2.20. The molecule has 0 fully saturated rings. The van der Waals surface area contributed by atoms with Crippen LogP contribution < -0.4 is 0 Å². The number of ether oxygens (including phenoxy) is 1. The molecule has 2 aromatic carbocycles. The highest BCUT2D eigenvalue weighted by atomic mass is 24.3. The van der Waals surface area contributed by atoms with Crippen LogP contribution in [0, 0.1) is 0 Å². The van der Waals surface area contributed by atoms with Crippen LogP contribution in [0.15, 0.2) is 55.3 Å². The molecule has 0 amide bonds. The van der Waals surface area contributed by atoms with Crippen LogP contribution >= 0.6 is 0 Å². The Bertz CT molecular complexity index is 515. The van der Waals surface area contributed by atoms with Gasteiger partial charge in [0.25, 0.3) is 0 Å². The molecule has 0 atom stereocenters. The number of benzene rings is 2. The van der Waals surface area contributed by atoms with Crippen LogP contribution in [0.1, 0.15) is 10.4 Å². The summed E-state index contributed by atoms with van der Waals surface area (Å²) in [5.41, 5.74) is 0.563. The van der Waals surface area contributed by atoms with E-state index in [4.69, 9.17) is 4.74 Å². The van der Waals surface area contributed by atoms with E-state index in [-0.39, 0.29) is 29.0 Å². The number of esters is 1. The predicted octanol–water partition coefficient (Wildman–Crippen LogP) is 2.76. The minimum Gasteiger partial charge on any atom is -0.432 e. The monoisotopic (exact) mass is 222 g/mol. The summed E-state index contributed by atoms with van der Waals surface area (Å²) in [5.74, 6) is -0.373. The average molecular weight is 223 g/mol. The van der Waals surface area contributed by atoms with Gasteiger partial charge in [0.2, 0.25) is 0 Å². The minimum atomic E-state index is -0.373. The maximum atomic E-state index is 11.6. The van der Waals surface area contributed by atoms with Gasteiger partial charge >= 0.3 is 5.97 Å². The molecule has 0 saturated heterocycles. The molecule has 3 heteroatoms. The molecular formula is C13H10MgO2. The topological polar surface area (TPSA) is 26.3 Å². The first-order valence-electron chi connectivity index (χ1n) is 4.62. The summed E-state index contributed by atoms with van der Waals surface area (Å²) in [7, 11) is 0. The van der Waals surface area contributed by atoms with Crippen LogP contribution in [0.5, 0.6) is 0 Å². The number of fused-ring (bicyclic) bond motifs is 1. The van der Waals surface area contributed by atoms with Crippen molar-refractivity contribution in [2.45, 2.75) is 0 Å². The largest absolute Gasteiger partial charge is 0.432 e. The highest BCUT2D eigenvalue weighted by Gasteiger charge is 2.09. The molecule has 0 bridgehead atoms. The van der Waals surface area contributed by atoms with Gasteiger partial charge < -0.3 is 4.74 Å². The first-order valence-corrected chi connectivity index (χ1v) is 4.62. The standard InChI is InChI=1S/C13H10O2.Mg/c1-2-15-13(14)12-9-5-7-10-6-3-4-8-11(10)12;/h2-9H,1H2;. The Hall–Kier alpha value is -1.32. The Morgan fingerprint density at radius 3 is 2.56 bits per heavy atom. The SMILES string of the molecule is C=COC(=O)c1cccc2ccccc12.[Mg]. The second-order valence-corrected chi connectivity index (χ2v) is 3.10. The van der Waals surface area contributed by atoms with Gasteiger partial charge in [0.05, 0.1) is 11.8 Å². The Balaban J connectivity index is 0.00000128. The van der Waals surface area contributed by atoms with Crippen LogP contribution in [-0.2, 0) is 4.74 Å². The van der Waals surface area contributed by atoms with E-state index in [0.29, 0.717) is 5.56 Å². The van der Waals surface area contributed by atoms with Gasteiger partial charge in [-0.15, -0.1) is 0 Å². The van der Waals surface area contributed by atoms with Crippen LogP contribution in [0.25, 0.3) is 10.8 Å². The molecule has 0 N–H and O–H groups in total. The molecule has 16 heavy (non-hydrogen) atoms. The Morgan fingerprint density at radius 2 is 1.81 bits per heavy atom.